The van der Waals surface area contributed by atoms with Gasteiger partial charge in [0.25, 0.3) is 0 Å². The summed E-state index contributed by atoms with van der Waals surface area (Å²) in [7, 11) is 0. The molecule has 0 fully saturated rings. The Kier molecular flexibility index (Phi) is 6.11. The zero-order valence-electron chi connectivity index (χ0n) is 7.64. The zero-order chi connectivity index (χ0) is 9.84. The average molecular weight is 218 g/mol. The molecule has 1 aromatic carbocycles. The Balaban J connectivity index is 0.00000169. The molecular weight excluding hydrogens is 211 g/mol. The van der Waals surface area contributed by atoms with Crippen molar-refractivity contribution in [3.05, 3.63) is 35.9 Å². The predicted octanol–water partition coefficient (Wildman–Crippen LogP) is -3.08. The van der Waals surface area contributed by atoms with Gasteiger partial charge in [0.1, 0.15) is 5.25 Å². The van der Waals surface area contributed by atoms with Crippen LogP contribution >= 0.6 is 12.6 Å². The van der Waals surface area contributed by atoms with Gasteiger partial charge in [-0.1, -0.05) is 30.3 Å². The summed E-state index contributed by atoms with van der Waals surface area (Å²) >= 11 is 3.62. The van der Waals surface area contributed by atoms with Crippen molar-refractivity contribution in [3.8, 4) is 0 Å². The summed E-state index contributed by atoms with van der Waals surface area (Å²) in [5.74, 6) is -2.03. The van der Waals surface area contributed by atoms with Gasteiger partial charge in [-0.25, -0.2) is 0 Å². The van der Waals surface area contributed by atoms with Gasteiger partial charge >= 0.3 is 29.6 Å². The molecule has 0 heterocycles. The number of ketones is 1. The SMILES string of the molecule is O=C([O-])C(S)C(=O)c1ccccc1.[Na+]. The van der Waals surface area contributed by atoms with Gasteiger partial charge in [-0.05, 0) is 0 Å². The van der Waals surface area contributed by atoms with Crippen LogP contribution < -0.4 is 34.7 Å². The van der Waals surface area contributed by atoms with E-state index < -0.39 is 17.0 Å². The van der Waals surface area contributed by atoms with Crippen molar-refractivity contribution in [1.82, 2.24) is 0 Å². The summed E-state index contributed by atoms with van der Waals surface area (Å²) in [4.78, 5) is 21.6. The summed E-state index contributed by atoms with van der Waals surface area (Å²) in [5, 5.41) is 8.92. The number of hydrogen-bond donors (Lipinski definition) is 1. The standard InChI is InChI=1S/C9H8O3S.Na/c10-7(8(13)9(11)12)6-4-2-1-3-5-6;/h1-5,8,13H,(H,11,12);/q;+1/p-1. The van der Waals surface area contributed by atoms with Gasteiger partial charge in [0.15, 0.2) is 5.78 Å². The summed E-state index contributed by atoms with van der Waals surface area (Å²) in [6.07, 6.45) is 0. The van der Waals surface area contributed by atoms with Gasteiger partial charge in [0, 0.05) is 5.56 Å². The number of Topliss-reactive ketones (excluding diaryl/α,β-unsaturated/α-hetero) is 1. The minimum Gasteiger partial charge on any atom is -0.548 e. The third-order valence-corrected chi connectivity index (χ3v) is 1.98. The third-order valence-electron chi connectivity index (χ3n) is 1.53. The second-order valence-electron chi connectivity index (χ2n) is 2.45. The van der Waals surface area contributed by atoms with E-state index in [1.54, 1.807) is 18.2 Å². The van der Waals surface area contributed by atoms with Gasteiger partial charge in [-0.15, -0.1) is 0 Å². The Morgan fingerprint density at radius 3 is 2.14 bits per heavy atom. The van der Waals surface area contributed by atoms with Gasteiger partial charge in [0.05, 0.1) is 5.97 Å². The summed E-state index contributed by atoms with van der Waals surface area (Å²) in [6.45, 7) is 0. The Bertz CT molecular complexity index is 326. The number of carbonyl (C=O) groups is 2. The molecule has 0 N–H and O–H groups in total. The molecule has 3 nitrogen and oxygen atoms in total. The molecule has 1 rings (SSSR count). The van der Waals surface area contributed by atoms with Crippen LogP contribution in [0.25, 0.3) is 0 Å². The average Bonchev–Trinajstić information content (AvgIpc) is 2.17. The normalized spacial score (nSPS) is 11.2. The van der Waals surface area contributed by atoms with Crippen molar-refractivity contribution >= 4 is 24.4 Å². The topological polar surface area (TPSA) is 57.2 Å². The summed E-state index contributed by atoms with van der Waals surface area (Å²) in [5.41, 5.74) is 0.326. The van der Waals surface area contributed by atoms with Crippen molar-refractivity contribution in [2.45, 2.75) is 5.25 Å². The van der Waals surface area contributed by atoms with Crippen molar-refractivity contribution in [2.24, 2.45) is 0 Å². The van der Waals surface area contributed by atoms with Crippen LogP contribution in [0, 0.1) is 0 Å². The van der Waals surface area contributed by atoms with E-state index in [0.29, 0.717) is 5.56 Å². The van der Waals surface area contributed by atoms with Crippen molar-refractivity contribution in [2.75, 3.05) is 0 Å². The smallest absolute Gasteiger partial charge is 0.548 e. The Labute approximate surface area is 109 Å². The molecule has 0 amide bonds. The number of hydrogen-bond acceptors (Lipinski definition) is 4. The maximum atomic E-state index is 11.3. The molecule has 0 radical (unpaired) electrons. The van der Waals surface area contributed by atoms with E-state index in [0.717, 1.165) is 0 Å². The van der Waals surface area contributed by atoms with Crippen LogP contribution in [0.15, 0.2) is 30.3 Å². The van der Waals surface area contributed by atoms with Crippen LogP contribution in [0.5, 0.6) is 0 Å². The largest absolute Gasteiger partial charge is 1.00 e. The Morgan fingerprint density at radius 2 is 1.71 bits per heavy atom. The summed E-state index contributed by atoms with van der Waals surface area (Å²) < 4.78 is 0. The van der Waals surface area contributed by atoms with E-state index in [9.17, 15) is 14.7 Å². The molecule has 68 valence electrons. The molecule has 14 heavy (non-hydrogen) atoms. The van der Waals surface area contributed by atoms with Crippen LogP contribution in [-0.2, 0) is 4.79 Å². The van der Waals surface area contributed by atoms with E-state index in [1.165, 1.54) is 12.1 Å². The van der Waals surface area contributed by atoms with E-state index in [2.05, 4.69) is 12.6 Å². The second kappa shape index (κ2) is 6.24. The molecule has 0 saturated heterocycles. The molecule has 0 spiro atoms. The number of carbonyl (C=O) groups excluding carboxylic acids is 2. The molecule has 1 aromatic rings. The minimum atomic E-state index is -1.47. The molecule has 5 heteroatoms. The molecule has 0 bridgehead atoms. The van der Waals surface area contributed by atoms with Crippen LogP contribution in [-0.4, -0.2) is 17.0 Å². The van der Waals surface area contributed by atoms with E-state index in [4.69, 9.17) is 0 Å². The third kappa shape index (κ3) is 3.46. The molecule has 0 aliphatic carbocycles. The van der Waals surface area contributed by atoms with Crippen molar-refractivity contribution < 1.29 is 44.3 Å². The van der Waals surface area contributed by atoms with Gasteiger partial charge in [-0.3, -0.25) is 4.79 Å². The zero-order valence-corrected chi connectivity index (χ0v) is 10.5. The van der Waals surface area contributed by atoms with Crippen molar-refractivity contribution in [1.29, 1.82) is 0 Å². The monoisotopic (exact) mass is 218 g/mol. The number of carboxylic acid groups (broad SMARTS) is 1. The Morgan fingerprint density at radius 1 is 1.21 bits per heavy atom. The van der Waals surface area contributed by atoms with Gasteiger partial charge in [0.2, 0.25) is 0 Å². The minimum absolute atomic E-state index is 0. The number of carboxylic acids is 1. The molecule has 0 aliphatic heterocycles. The quantitative estimate of drug-likeness (QED) is 0.253. The first-order chi connectivity index (χ1) is 6.13. The maximum absolute atomic E-state index is 11.3. The molecule has 1 atom stereocenters. The predicted molar refractivity (Wildman–Crippen MR) is 48.6 cm³/mol. The first kappa shape index (κ1) is 13.7. The molecule has 1 unspecified atom stereocenters. The second-order valence-corrected chi connectivity index (χ2v) is 2.97. The van der Waals surface area contributed by atoms with Crippen LogP contribution in [0.3, 0.4) is 0 Å². The van der Waals surface area contributed by atoms with E-state index in [1.807, 2.05) is 0 Å². The first-order valence-electron chi connectivity index (χ1n) is 3.61. The molecular formula is C9H7NaO3S. The molecule has 0 aliphatic rings. The van der Waals surface area contributed by atoms with E-state index in [-0.39, 0.29) is 29.6 Å². The van der Waals surface area contributed by atoms with Crippen molar-refractivity contribution in [3.63, 3.8) is 0 Å². The number of rotatable bonds is 3. The molecule has 0 aromatic heterocycles. The number of thiol groups is 1. The van der Waals surface area contributed by atoms with E-state index >= 15 is 0 Å². The fourth-order valence-electron chi connectivity index (χ4n) is 0.867. The fourth-order valence-corrected chi connectivity index (χ4v) is 1.02. The van der Waals surface area contributed by atoms with Crippen LogP contribution in [0.2, 0.25) is 0 Å². The maximum Gasteiger partial charge on any atom is 1.00 e. The number of benzene rings is 1. The fraction of sp³-hybridized carbons (Fsp3) is 0.111. The molecule has 0 saturated carbocycles. The van der Waals surface area contributed by atoms with Crippen LogP contribution in [0.1, 0.15) is 10.4 Å². The number of aliphatic carboxylic acids is 1. The van der Waals surface area contributed by atoms with Gasteiger partial charge in [-0.2, -0.15) is 12.6 Å². The van der Waals surface area contributed by atoms with Gasteiger partial charge < -0.3 is 9.90 Å². The Hall–Kier alpha value is -0.290. The summed E-state index contributed by atoms with van der Waals surface area (Å²) in [6, 6.07) is 8.12. The first-order valence-corrected chi connectivity index (χ1v) is 4.13. The van der Waals surface area contributed by atoms with Crippen LogP contribution in [0.4, 0.5) is 0 Å².